The molecule has 0 radical (unpaired) electrons. The summed E-state index contributed by atoms with van der Waals surface area (Å²) in [5.74, 6) is 0.904. The fourth-order valence-electron chi connectivity index (χ4n) is 3.37. The lowest BCUT2D eigenvalue weighted by molar-refractivity contribution is 0.0686. The first-order chi connectivity index (χ1) is 7.09. The highest BCUT2D eigenvalue weighted by molar-refractivity contribution is 4.99. The van der Waals surface area contributed by atoms with Crippen molar-refractivity contribution in [3.63, 3.8) is 0 Å². The predicted molar refractivity (Wildman–Crippen MR) is 66.9 cm³/mol. The van der Waals surface area contributed by atoms with Gasteiger partial charge in [-0.25, -0.2) is 0 Å². The van der Waals surface area contributed by atoms with Gasteiger partial charge in [-0.15, -0.1) is 0 Å². The topological polar surface area (TPSA) is 29.3 Å². The van der Waals surface area contributed by atoms with Crippen LogP contribution in [0.1, 0.15) is 53.4 Å². The third-order valence-electron chi connectivity index (χ3n) is 4.22. The van der Waals surface area contributed by atoms with Crippen LogP contribution in [-0.2, 0) is 0 Å². The van der Waals surface area contributed by atoms with E-state index < -0.39 is 0 Å². The van der Waals surface area contributed by atoms with E-state index in [1.807, 2.05) is 0 Å². The van der Waals surface area contributed by atoms with Crippen molar-refractivity contribution in [2.45, 2.75) is 65.0 Å². The highest BCUT2D eigenvalue weighted by atomic mass is 15.2. The third kappa shape index (κ3) is 2.54. The summed E-state index contributed by atoms with van der Waals surface area (Å²) in [5.41, 5.74) is 6.37. The van der Waals surface area contributed by atoms with Crippen LogP contribution in [0.2, 0.25) is 0 Å². The molecule has 1 aliphatic rings. The highest BCUT2D eigenvalue weighted by Crippen LogP contribution is 2.40. The maximum atomic E-state index is 6.06. The monoisotopic (exact) mass is 212 g/mol. The largest absolute Gasteiger partial charge is 0.329 e. The van der Waals surface area contributed by atoms with Crippen molar-refractivity contribution in [3.05, 3.63) is 0 Å². The second-order valence-electron chi connectivity index (χ2n) is 5.33. The minimum absolute atomic E-state index is 0.309. The van der Waals surface area contributed by atoms with E-state index in [0.717, 1.165) is 19.0 Å². The van der Waals surface area contributed by atoms with Crippen LogP contribution < -0.4 is 5.73 Å². The Kier molecular flexibility index (Phi) is 4.60. The summed E-state index contributed by atoms with van der Waals surface area (Å²) < 4.78 is 0. The van der Waals surface area contributed by atoms with Gasteiger partial charge in [0.2, 0.25) is 0 Å². The standard InChI is InChI=1S/C13H28N2/c1-5-12-7-8-13(9-12,10-14)15(6-2)11(3)4/h11-12H,5-10,14H2,1-4H3. The molecular formula is C13H28N2. The summed E-state index contributed by atoms with van der Waals surface area (Å²) >= 11 is 0. The van der Waals surface area contributed by atoms with Gasteiger partial charge in [-0.1, -0.05) is 20.3 Å². The van der Waals surface area contributed by atoms with Gasteiger partial charge in [-0.2, -0.15) is 0 Å². The van der Waals surface area contributed by atoms with Crippen molar-refractivity contribution < 1.29 is 0 Å². The molecule has 2 heteroatoms. The van der Waals surface area contributed by atoms with Crippen LogP contribution in [0.3, 0.4) is 0 Å². The van der Waals surface area contributed by atoms with Crippen LogP contribution in [0.5, 0.6) is 0 Å². The molecule has 1 rings (SSSR count). The number of nitrogens with two attached hydrogens (primary N) is 1. The van der Waals surface area contributed by atoms with Gasteiger partial charge >= 0.3 is 0 Å². The van der Waals surface area contributed by atoms with Crippen molar-refractivity contribution in [1.82, 2.24) is 4.90 Å². The summed E-state index contributed by atoms with van der Waals surface area (Å²) in [7, 11) is 0. The molecule has 2 N–H and O–H groups in total. The Morgan fingerprint density at radius 2 is 2.07 bits per heavy atom. The van der Waals surface area contributed by atoms with E-state index in [9.17, 15) is 0 Å². The molecule has 2 atom stereocenters. The van der Waals surface area contributed by atoms with Crippen molar-refractivity contribution in [2.75, 3.05) is 13.1 Å². The maximum absolute atomic E-state index is 6.06. The zero-order valence-electron chi connectivity index (χ0n) is 10.9. The van der Waals surface area contributed by atoms with Crippen LogP contribution in [0.15, 0.2) is 0 Å². The zero-order chi connectivity index (χ0) is 11.5. The predicted octanol–water partition coefficient (Wildman–Crippen LogP) is 2.62. The molecule has 90 valence electrons. The molecule has 2 nitrogen and oxygen atoms in total. The molecule has 0 aliphatic heterocycles. The lowest BCUT2D eigenvalue weighted by atomic mass is 9.91. The molecule has 1 saturated carbocycles. The summed E-state index contributed by atoms with van der Waals surface area (Å²) in [6.45, 7) is 11.1. The Bertz CT molecular complexity index is 191. The van der Waals surface area contributed by atoms with Crippen LogP contribution in [0.25, 0.3) is 0 Å². The van der Waals surface area contributed by atoms with Gasteiger partial charge in [0, 0.05) is 18.1 Å². The lowest BCUT2D eigenvalue weighted by Gasteiger charge is -2.43. The Morgan fingerprint density at radius 1 is 1.40 bits per heavy atom. The van der Waals surface area contributed by atoms with Gasteiger partial charge in [0.1, 0.15) is 0 Å². The summed E-state index contributed by atoms with van der Waals surface area (Å²) in [5, 5.41) is 0. The van der Waals surface area contributed by atoms with Crippen LogP contribution >= 0.6 is 0 Å². The average molecular weight is 212 g/mol. The van der Waals surface area contributed by atoms with E-state index in [-0.39, 0.29) is 0 Å². The second kappa shape index (κ2) is 5.31. The highest BCUT2D eigenvalue weighted by Gasteiger charge is 2.42. The van der Waals surface area contributed by atoms with Crippen LogP contribution in [0.4, 0.5) is 0 Å². The van der Waals surface area contributed by atoms with Crippen LogP contribution in [-0.4, -0.2) is 29.6 Å². The SMILES string of the molecule is CCC1CCC(CN)(N(CC)C(C)C)C1. The fourth-order valence-corrected chi connectivity index (χ4v) is 3.37. The smallest absolute Gasteiger partial charge is 0.0337 e. The normalized spacial score (nSPS) is 31.8. The molecule has 0 aromatic rings. The molecule has 1 aliphatic carbocycles. The summed E-state index contributed by atoms with van der Waals surface area (Å²) in [6, 6.07) is 0.620. The van der Waals surface area contributed by atoms with E-state index in [2.05, 4.69) is 32.6 Å². The average Bonchev–Trinajstić information content (AvgIpc) is 2.63. The van der Waals surface area contributed by atoms with E-state index in [1.165, 1.54) is 25.7 Å². The first-order valence-electron chi connectivity index (χ1n) is 6.56. The molecule has 1 fully saturated rings. The molecule has 0 amide bonds. The molecular weight excluding hydrogens is 184 g/mol. The van der Waals surface area contributed by atoms with Crippen molar-refractivity contribution in [3.8, 4) is 0 Å². The van der Waals surface area contributed by atoms with Gasteiger partial charge in [-0.3, -0.25) is 4.90 Å². The summed E-state index contributed by atoms with van der Waals surface area (Å²) in [6.07, 6.45) is 5.30. The number of hydrogen-bond acceptors (Lipinski definition) is 2. The van der Waals surface area contributed by atoms with E-state index in [4.69, 9.17) is 5.73 Å². The molecule has 15 heavy (non-hydrogen) atoms. The van der Waals surface area contributed by atoms with Gasteiger partial charge < -0.3 is 5.73 Å². The van der Waals surface area contributed by atoms with E-state index in [1.54, 1.807) is 0 Å². The first-order valence-corrected chi connectivity index (χ1v) is 6.56. The first kappa shape index (κ1) is 13.0. The maximum Gasteiger partial charge on any atom is 0.0337 e. The zero-order valence-corrected chi connectivity index (χ0v) is 10.9. The van der Waals surface area contributed by atoms with Crippen molar-refractivity contribution in [1.29, 1.82) is 0 Å². The Balaban J connectivity index is 2.76. The lowest BCUT2D eigenvalue weighted by Crippen LogP contribution is -2.55. The van der Waals surface area contributed by atoms with E-state index >= 15 is 0 Å². The van der Waals surface area contributed by atoms with Gasteiger partial charge in [0.15, 0.2) is 0 Å². The Hall–Kier alpha value is -0.0800. The fraction of sp³-hybridized carbons (Fsp3) is 1.00. The van der Waals surface area contributed by atoms with Gasteiger partial charge in [-0.05, 0) is 45.6 Å². The minimum Gasteiger partial charge on any atom is -0.329 e. The number of rotatable bonds is 5. The third-order valence-corrected chi connectivity index (χ3v) is 4.22. The number of nitrogens with zero attached hydrogens (tertiary/aromatic N) is 1. The second-order valence-corrected chi connectivity index (χ2v) is 5.33. The summed E-state index contributed by atoms with van der Waals surface area (Å²) in [4.78, 5) is 2.61. The molecule has 0 aromatic carbocycles. The molecule has 0 aromatic heterocycles. The minimum atomic E-state index is 0.309. The number of hydrogen-bond donors (Lipinski definition) is 1. The molecule has 0 bridgehead atoms. The quantitative estimate of drug-likeness (QED) is 0.759. The molecule has 2 unspecified atom stereocenters. The van der Waals surface area contributed by atoms with Crippen molar-refractivity contribution in [2.24, 2.45) is 11.7 Å². The molecule has 0 saturated heterocycles. The Labute approximate surface area is 95.2 Å². The van der Waals surface area contributed by atoms with E-state index in [0.29, 0.717) is 11.6 Å². The van der Waals surface area contributed by atoms with Crippen LogP contribution in [0, 0.1) is 5.92 Å². The van der Waals surface area contributed by atoms with Crippen molar-refractivity contribution >= 4 is 0 Å². The number of likely N-dealkylation sites (N-methyl/N-ethyl adjacent to an activating group) is 1. The van der Waals surface area contributed by atoms with Gasteiger partial charge in [0.05, 0.1) is 0 Å². The molecule has 0 heterocycles. The Morgan fingerprint density at radius 3 is 2.40 bits per heavy atom. The molecule has 0 spiro atoms. The van der Waals surface area contributed by atoms with Gasteiger partial charge in [0.25, 0.3) is 0 Å².